The molecule has 0 aromatic carbocycles. The van der Waals surface area contributed by atoms with Crippen molar-refractivity contribution in [3.8, 4) is 0 Å². The molecule has 0 heterocycles. The minimum absolute atomic E-state index is 1.27. The van der Waals surface area contributed by atoms with Gasteiger partial charge in [-0.15, -0.1) is 0 Å². The van der Waals surface area contributed by atoms with Gasteiger partial charge in [0.15, 0.2) is 0 Å². The van der Waals surface area contributed by atoms with E-state index in [9.17, 15) is 19.8 Å². The molecule has 0 N–H and O–H groups in total. The molecule has 0 spiro atoms. The molecule has 0 aromatic rings. The molecule has 0 aliphatic heterocycles. The van der Waals surface area contributed by atoms with Gasteiger partial charge in [-0.05, 0) is 0 Å². The Labute approximate surface area is 73.5 Å². The van der Waals surface area contributed by atoms with Crippen molar-refractivity contribution in [2.24, 2.45) is 0 Å². The molecule has 58 valence electrons. The van der Waals surface area contributed by atoms with Crippen LogP contribution >= 0.6 is 31.9 Å². The highest BCUT2D eigenvalue weighted by Gasteiger charge is 2.17. The fraction of sp³-hybridized carbons (Fsp3) is 0.500. The zero-order chi connectivity index (χ0) is 8.31. The minimum atomic E-state index is -1.49. The van der Waals surface area contributed by atoms with Gasteiger partial charge >= 0.3 is 0 Å². The topological polar surface area (TPSA) is 80.3 Å². The predicted octanol–water partition coefficient (Wildman–Crippen LogP) is -1.99. The van der Waals surface area contributed by atoms with Crippen molar-refractivity contribution in [1.29, 1.82) is 0 Å². The molecule has 0 rings (SSSR count). The second-order valence-corrected chi connectivity index (χ2v) is 3.41. The zero-order valence-electron chi connectivity index (χ0n) is 4.54. The number of alkyl halides is 2. The number of carboxylic acids is 2. The maximum absolute atomic E-state index is 9.97. The molecule has 0 radical (unpaired) electrons. The highest BCUT2D eigenvalue weighted by atomic mass is 79.9. The molecule has 0 aliphatic carbocycles. The summed E-state index contributed by atoms with van der Waals surface area (Å²) < 4.78 is 0. The van der Waals surface area contributed by atoms with Crippen LogP contribution in [-0.2, 0) is 9.59 Å². The van der Waals surface area contributed by atoms with Crippen LogP contribution in [0.4, 0.5) is 0 Å². The Morgan fingerprint density at radius 2 is 1.20 bits per heavy atom. The van der Waals surface area contributed by atoms with Crippen LogP contribution in [0.2, 0.25) is 0 Å². The van der Waals surface area contributed by atoms with E-state index in [-0.39, 0.29) is 0 Å². The van der Waals surface area contributed by atoms with Gasteiger partial charge in [0.1, 0.15) is 0 Å². The van der Waals surface area contributed by atoms with E-state index < -0.39 is 21.6 Å². The molecule has 10 heavy (non-hydrogen) atoms. The van der Waals surface area contributed by atoms with E-state index in [2.05, 4.69) is 31.9 Å². The fourth-order valence-electron chi connectivity index (χ4n) is 0.239. The fourth-order valence-corrected chi connectivity index (χ4v) is 0.671. The van der Waals surface area contributed by atoms with Crippen LogP contribution < -0.4 is 10.2 Å². The molecule has 0 aliphatic rings. The highest BCUT2D eigenvalue weighted by molar-refractivity contribution is 9.12. The van der Waals surface area contributed by atoms with Crippen LogP contribution in [0.5, 0.6) is 0 Å². The highest BCUT2D eigenvalue weighted by Crippen LogP contribution is 2.12. The van der Waals surface area contributed by atoms with Crippen LogP contribution in [0.25, 0.3) is 0 Å². The van der Waals surface area contributed by atoms with Crippen LogP contribution in [0, 0.1) is 0 Å². The second kappa shape index (κ2) is 3.92. The number of hydrogen-bond donors (Lipinski definition) is 0. The van der Waals surface area contributed by atoms with Gasteiger partial charge in [0.2, 0.25) is 0 Å². The lowest BCUT2D eigenvalue weighted by Crippen LogP contribution is -2.45. The number of aliphatic carboxylic acids is 2. The molecule has 2 unspecified atom stereocenters. The summed E-state index contributed by atoms with van der Waals surface area (Å²) >= 11 is 5.16. The Morgan fingerprint density at radius 1 is 1.00 bits per heavy atom. The summed E-state index contributed by atoms with van der Waals surface area (Å²) in [4.78, 5) is 17.4. The van der Waals surface area contributed by atoms with Crippen LogP contribution in [0.15, 0.2) is 0 Å². The molecule has 0 bridgehead atoms. The molecule has 0 fully saturated rings. The minimum Gasteiger partial charge on any atom is -0.549 e. The summed E-state index contributed by atoms with van der Waals surface area (Å²) in [5.41, 5.74) is 0. The average molecular weight is 274 g/mol. The Morgan fingerprint density at radius 3 is 1.30 bits per heavy atom. The van der Waals surface area contributed by atoms with Gasteiger partial charge in [0, 0.05) is 0 Å². The Bertz CT molecular complexity index is 139. The van der Waals surface area contributed by atoms with Gasteiger partial charge in [-0.3, -0.25) is 0 Å². The van der Waals surface area contributed by atoms with Crippen molar-refractivity contribution < 1.29 is 19.8 Å². The van der Waals surface area contributed by atoms with Gasteiger partial charge in [0.05, 0.1) is 21.6 Å². The number of carbonyl (C=O) groups is 2. The van der Waals surface area contributed by atoms with Gasteiger partial charge in [-0.1, -0.05) is 31.9 Å². The third-order valence-corrected chi connectivity index (χ3v) is 3.22. The van der Waals surface area contributed by atoms with Crippen molar-refractivity contribution >= 4 is 43.8 Å². The van der Waals surface area contributed by atoms with E-state index in [1.807, 2.05) is 0 Å². The molecule has 2 atom stereocenters. The lowest BCUT2D eigenvalue weighted by Gasteiger charge is -2.17. The molecule has 0 amide bonds. The van der Waals surface area contributed by atoms with Crippen LogP contribution in [-0.4, -0.2) is 21.6 Å². The zero-order valence-corrected chi connectivity index (χ0v) is 7.72. The molecule has 0 saturated carbocycles. The van der Waals surface area contributed by atoms with E-state index in [0.29, 0.717) is 0 Å². The van der Waals surface area contributed by atoms with Crippen LogP contribution in [0.3, 0.4) is 0 Å². The van der Waals surface area contributed by atoms with Crippen molar-refractivity contribution in [2.45, 2.75) is 9.65 Å². The van der Waals surface area contributed by atoms with E-state index in [0.717, 1.165) is 0 Å². The van der Waals surface area contributed by atoms with E-state index in [4.69, 9.17) is 0 Å². The Kier molecular flexibility index (Phi) is 3.88. The quantitative estimate of drug-likeness (QED) is 0.558. The van der Waals surface area contributed by atoms with Crippen molar-refractivity contribution in [3.05, 3.63) is 0 Å². The first-order valence-corrected chi connectivity index (χ1v) is 3.99. The normalized spacial score (nSPS) is 15.8. The maximum Gasteiger partial charge on any atom is 0.0719 e. The summed E-state index contributed by atoms with van der Waals surface area (Å²) in [6.07, 6.45) is 0. The maximum atomic E-state index is 9.97. The smallest absolute Gasteiger partial charge is 0.0719 e. The molecule has 6 heteroatoms. The van der Waals surface area contributed by atoms with E-state index in [1.165, 1.54) is 0 Å². The first-order chi connectivity index (χ1) is 4.46. The third kappa shape index (κ3) is 2.66. The predicted molar refractivity (Wildman–Crippen MR) is 35.4 cm³/mol. The van der Waals surface area contributed by atoms with Gasteiger partial charge in [-0.25, -0.2) is 0 Å². The van der Waals surface area contributed by atoms with Gasteiger partial charge < -0.3 is 19.8 Å². The van der Waals surface area contributed by atoms with Crippen molar-refractivity contribution in [1.82, 2.24) is 0 Å². The third-order valence-electron chi connectivity index (χ3n) is 0.707. The Balaban J connectivity index is 4.07. The lowest BCUT2D eigenvalue weighted by atomic mass is 10.3. The average Bonchev–Trinajstić information content (AvgIpc) is 1.84. The largest absolute Gasteiger partial charge is 0.549 e. The van der Waals surface area contributed by atoms with E-state index >= 15 is 0 Å². The second-order valence-electron chi connectivity index (χ2n) is 1.44. The number of carbonyl (C=O) groups excluding carboxylic acids is 2. The number of rotatable bonds is 3. The molecule has 0 aromatic heterocycles. The summed E-state index contributed by atoms with van der Waals surface area (Å²) in [5.74, 6) is -2.99. The summed E-state index contributed by atoms with van der Waals surface area (Å²) in [6.45, 7) is 0. The molecule has 4 nitrogen and oxygen atoms in total. The van der Waals surface area contributed by atoms with Crippen molar-refractivity contribution in [2.75, 3.05) is 0 Å². The van der Waals surface area contributed by atoms with Gasteiger partial charge in [0.25, 0.3) is 0 Å². The van der Waals surface area contributed by atoms with E-state index in [1.54, 1.807) is 0 Å². The van der Waals surface area contributed by atoms with Gasteiger partial charge in [-0.2, -0.15) is 0 Å². The van der Waals surface area contributed by atoms with Crippen LogP contribution in [0.1, 0.15) is 0 Å². The first-order valence-electron chi connectivity index (χ1n) is 2.16. The summed E-state index contributed by atoms with van der Waals surface area (Å²) in [5, 5.41) is 19.9. The van der Waals surface area contributed by atoms with Crippen molar-refractivity contribution in [3.63, 3.8) is 0 Å². The number of carboxylic acid groups (broad SMARTS) is 2. The SMILES string of the molecule is O=C([O-])C(Br)C(Br)C(=O)[O-]. The molecular formula is C4H2Br2O4-2. The summed E-state index contributed by atoms with van der Waals surface area (Å²) in [7, 11) is 0. The Hall–Kier alpha value is -0.100. The number of halogens is 2. The standard InChI is InChI=1S/C4H4Br2O4/c5-1(3(7)8)2(6)4(9)10/h1-2H,(H,7,8)(H,9,10)/p-2. The molecular weight excluding hydrogens is 272 g/mol. The molecule has 0 saturated heterocycles. The first kappa shape index (κ1) is 9.90. The number of hydrogen-bond acceptors (Lipinski definition) is 4. The summed E-state index contributed by atoms with van der Waals surface area (Å²) in [6, 6.07) is 0. The monoisotopic (exact) mass is 272 g/mol. The lowest BCUT2D eigenvalue weighted by molar-refractivity contribution is -0.313.